The van der Waals surface area contributed by atoms with Crippen LogP contribution in [-0.2, 0) is 4.79 Å². The van der Waals surface area contributed by atoms with Crippen molar-refractivity contribution in [2.45, 2.75) is 11.3 Å². The number of nitrogens with one attached hydrogen (secondary N) is 2. The maximum absolute atomic E-state index is 13.1. The highest BCUT2D eigenvalue weighted by atomic mass is 35.5. The van der Waals surface area contributed by atoms with Crippen molar-refractivity contribution in [1.29, 1.82) is 5.26 Å². The topological polar surface area (TPSA) is 107 Å². The van der Waals surface area contributed by atoms with Crippen molar-refractivity contribution >= 4 is 35.2 Å². The standard InChI is InChI=1S/C26H20ClN5O3S/c1-35-19-8-4-15(5-9-19)21-20(14-28)25(34)30-23-22(21)36-26(17-2-6-18(27)7-3-17)32(23)31-24(33)16-10-12-29-13-11-16/h2-13,20-21,26H,1H3,(H,30,34)(H,31,33). The third-order valence-corrected chi connectivity index (χ3v) is 7.68. The molecule has 0 spiro atoms. The first-order chi connectivity index (χ1) is 17.5. The monoisotopic (exact) mass is 517 g/mol. The molecule has 0 aliphatic carbocycles. The number of carbonyl (C=O) groups is 2. The van der Waals surface area contributed by atoms with Gasteiger partial charge in [0.05, 0.1) is 13.2 Å². The number of amides is 2. The number of hydrogen-bond acceptors (Lipinski definition) is 7. The molecule has 0 radical (unpaired) electrons. The normalized spacial score (nSPS) is 20.9. The fraction of sp³-hybridized carbons (Fsp3) is 0.154. The van der Waals surface area contributed by atoms with E-state index in [9.17, 15) is 14.9 Å². The lowest BCUT2D eigenvalue weighted by Gasteiger charge is -2.32. The van der Waals surface area contributed by atoms with Gasteiger partial charge in [-0.2, -0.15) is 5.26 Å². The average Bonchev–Trinajstić information content (AvgIpc) is 3.26. The van der Waals surface area contributed by atoms with Gasteiger partial charge in [0.15, 0.2) is 0 Å². The number of methoxy groups -OCH3 is 1. The second-order valence-electron chi connectivity index (χ2n) is 8.13. The number of hydrazine groups is 1. The minimum absolute atomic E-state index is 0.358. The second kappa shape index (κ2) is 9.93. The molecule has 0 saturated heterocycles. The zero-order valence-electron chi connectivity index (χ0n) is 19.0. The molecule has 2 aliphatic heterocycles. The molecule has 3 atom stereocenters. The summed E-state index contributed by atoms with van der Waals surface area (Å²) in [6, 6.07) is 20.0. The zero-order chi connectivity index (χ0) is 25.2. The molecule has 10 heteroatoms. The van der Waals surface area contributed by atoms with Gasteiger partial charge in [0, 0.05) is 33.8 Å². The minimum Gasteiger partial charge on any atom is -0.497 e. The molecule has 0 bridgehead atoms. The highest BCUT2D eigenvalue weighted by Crippen LogP contribution is 2.54. The van der Waals surface area contributed by atoms with Crippen LogP contribution in [0, 0.1) is 17.2 Å². The Balaban J connectivity index is 1.59. The summed E-state index contributed by atoms with van der Waals surface area (Å²) < 4.78 is 5.27. The maximum atomic E-state index is 13.1. The molecular weight excluding hydrogens is 498 g/mol. The Morgan fingerprint density at radius 2 is 1.78 bits per heavy atom. The van der Waals surface area contributed by atoms with E-state index >= 15 is 0 Å². The summed E-state index contributed by atoms with van der Waals surface area (Å²) >= 11 is 7.59. The number of allylic oxidation sites excluding steroid dienone is 1. The molecule has 2 N–H and O–H groups in total. The third kappa shape index (κ3) is 4.37. The van der Waals surface area contributed by atoms with Crippen molar-refractivity contribution in [3.63, 3.8) is 0 Å². The van der Waals surface area contributed by atoms with Gasteiger partial charge in [-0.1, -0.05) is 47.6 Å². The molecule has 2 aliphatic rings. The summed E-state index contributed by atoms with van der Waals surface area (Å²) in [7, 11) is 1.58. The molecule has 0 saturated carbocycles. The van der Waals surface area contributed by atoms with Crippen molar-refractivity contribution in [3.8, 4) is 11.8 Å². The first-order valence-electron chi connectivity index (χ1n) is 11.0. The van der Waals surface area contributed by atoms with Crippen molar-refractivity contribution in [2.75, 3.05) is 7.11 Å². The molecule has 180 valence electrons. The van der Waals surface area contributed by atoms with Gasteiger partial charge in [-0.25, -0.2) is 0 Å². The molecule has 3 aromatic rings. The smallest absolute Gasteiger partial charge is 0.269 e. The molecule has 8 nitrogen and oxygen atoms in total. The van der Waals surface area contributed by atoms with E-state index in [0.717, 1.165) is 16.0 Å². The molecule has 3 heterocycles. The van der Waals surface area contributed by atoms with Crippen molar-refractivity contribution < 1.29 is 14.3 Å². The van der Waals surface area contributed by atoms with Crippen molar-refractivity contribution in [3.05, 3.63) is 105 Å². The second-order valence-corrected chi connectivity index (χ2v) is 9.69. The van der Waals surface area contributed by atoms with Crippen LogP contribution in [-0.4, -0.2) is 28.9 Å². The Morgan fingerprint density at radius 3 is 2.42 bits per heavy atom. The highest BCUT2D eigenvalue weighted by molar-refractivity contribution is 8.03. The fourth-order valence-electron chi connectivity index (χ4n) is 4.23. The SMILES string of the molecule is COc1ccc(C2C3=C(NC(=O)C2C#N)N(NC(=O)c2ccncc2)C(c2ccc(Cl)cc2)S3)cc1. The van der Waals surface area contributed by atoms with Gasteiger partial charge in [0.25, 0.3) is 5.91 Å². The van der Waals surface area contributed by atoms with E-state index < -0.39 is 23.1 Å². The van der Waals surface area contributed by atoms with Gasteiger partial charge in [-0.15, -0.1) is 0 Å². The number of halogens is 1. The van der Waals surface area contributed by atoms with E-state index in [0.29, 0.717) is 22.2 Å². The highest BCUT2D eigenvalue weighted by Gasteiger charge is 2.47. The number of benzene rings is 2. The van der Waals surface area contributed by atoms with Crippen LogP contribution < -0.4 is 15.5 Å². The van der Waals surface area contributed by atoms with Gasteiger partial charge in [0.2, 0.25) is 5.91 Å². The van der Waals surface area contributed by atoms with E-state index in [1.165, 1.54) is 24.2 Å². The predicted molar refractivity (Wildman–Crippen MR) is 135 cm³/mol. The molecule has 0 fully saturated rings. The minimum atomic E-state index is -0.939. The van der Waals surface area contributed by atoms with Crippen molar-refractivity contribution in [2.24, 2.45) is 5.92 Å². The number of aromatic nitrogens is 1. The number of carbonyl (C=O) groups excluding carboxylic acids is 2. The Labute approximate surface area is 216 Å². The average molecular weight is 518 g/mol. The number of nitrogens with zero attached hydrogens (tertiary/aromatic N) is 3. The molecule has 36 heavy (non-hydrogen) atoms. The third-order valence-electron chi connectivity index (χ3n) is 6.02. The van der Waals surface area contributed by atoms with Crippen LogP contribution >= 0.6 is 23.4 Å². The van der Waals surface area contributed by atoms with Crippen molar-refractivity contribution in [1.82, 2.24) is 20.7 Å². The number of rotatable bonds is 5. The summed E-state index contributed by atoms with van der Waals surface area (Å²) in [5, 5.41) is 14.6. The van der Waals surface area contributed by atoms with Crippen LogP contribution in [0.15, 0.2) is 83.8 Å². The quantitative estimate of drug-likeness (QED) is 0.517. The Morgan fingerprint density at radius 1 is 1.11 bits per heavy atom. The van der Waals surface area contributed by atoms with Crippen LogP contribution in [0.4, 0.5) is 0 Å². The fourth-order valence-corrected chi connectivity index (χ4v) is 5.83. The number of thioether (sulfide) groups is 1. The number of pyridine rings is 1. The number of nitriles is 1. The lowest BCUT2D eigenvalue weighted by atomic mass is 9.83. The molecule has 3 unspecified atom stereocenters. The summed E-state index contributed by atoms with van der Waals surface area (Å²) in [5.41, 5.74) is 5.02. The van der Waals surface area contributed by atoms with Gasteiger partial charge < -0.3 is 10.1 Å². The molecule has 2 aromatic carbocycles. The summed E-state index contributed by atoms with van der Waals surface area (Å²) in [6.07, 6.45) is 3.07. The summed E-state index contributed by atoms with van der Waals surface area (Å²) in [4.78, 5) is 31.0. The van der Waals surface area contributed by atoms with Gasteiger partial charge in [-0.3, -0.25) is 25.0 Å². The molecule has 1 aromatic heterocycles. The van der Waals surface area contributed by atoms with E-state index in [2.05, 4.69) is 21.8 Å². The summed E-state index contributed by atoms with van der Waals surface area (Å²) in [6.45, 7) is 0. The summed E-state index contributed by atoms with van der Waals surface area (Å²) in [5.74, 6) is -1.13. The van der Waals surface area contributed by atoms with Gasteiger partial charge >= 0.3 is 0 Å². The van der Waals surface area contributed by atoms with E-state index in [-0.39, 0.29) is 5.91 Å². The van der Waals surface area contributed by atoms with E-state index in [1.807, 2.05) is 24.3 Å². The Bertz CT molecular complexity index is 1370. The molecular formula is C26H20ClN5O3S. The number of ether oxygens (including phenoxy) is 1. The zero-order valence-corrected chi connectivity index (χ0v) is 20.6. The Kier molecular flexibility index (Phi) is 6.55. The maximum Gasteiger partial charge on any atom is 0.269 e. The van der Waals surface area contributed by atoms with Crippen LogP contribution in [0.1, 0.15) is 32.8 Å². The first-order valence-corrected chi connectivity index (χ1v) is 12.3. The first kappa shape index (κ1) is 23.7. The lowest BCUT2D eigenvalue weighted by molar-refractivity contribution is -0.124. The predicted octanol–water partition coefficient (Wildman–Crippen LogP) is 4.36. The largest absolute Gasteiger partial charge is 0.497 e. The van der Waals surface area contributed by atoms with Gasteiger partial charge in [0.1, 0.15) is 22.9 Å². The van der Waals surface area contributed by atoms with E-state index in [4.69, 9.17) is 16.3 Å². The Hall–Kier alpha value is -4.00. The molecule has 2 amide bonds. The van der Waals surface area contributed by atoms with Crippen LogP contribution in [0.2, 0.25) is 5.02 Å². The van der Waals surface area contributed by atoms with Crippen LogP contribution in [0.5, 0.6) is 5.75 Å². The lowest BCUT2D eigenvalue weighted by Crippen LogP contribution is -2.49. The van der Waals surface area contributed by atoms with E-state index in [1.54, 1.807) is 48.5 Å². The molecule has 5 rings (SSSR count). The van der Waals surface area contributed by atoms with Crippen LogP contribution in [0.3, 0.4) is 0 Å². The van der Waals surface area contributed by atoms with Gasteiger partial charge in [-0.05, 0) is 47.5 Å². The number of hydrogen-bond donors (Lipinski definition) is 2. The van der Waals surface area contributed by atoms with Crippen LogP contribution in [0.25, 0.3) is 0 Å².